The van der Waals surface area contributed by atoms with Gasteiger partial charge in [0.1, 0.15) is 15.9 Å². The monoisotopic (exact) mass is 230 g/mol. The van der Waals surface area contributed by atoms with E-state index in [1.165, 1.54) is 6.07 Å². The molecule has 0 aliphatic heterocycles. The average molecular weight is 231 g/mol. The van der Waals surface area contributed by atoms with Crippen LogP contribution in [0.1, 0.15) is 0 Å². The smallest absolute Gasteiger partial charge is 0.744 e. The number of benzene rings is 1. The molecule has 13 heavy (non-hydrogen) atoms. The molecule has 0 spiro atoms. The molecule has 0 saturated heterocycles. The minimum absolute atomic E-state index is 0. The van der Waals surface area contributed by atoms with Gasteiger partial charge in [-0.1, -0.05) is 11.6 Å². The van der Waals surface area contributed by atoms with Crippen LogP contribution < -0.4 is 29.6 Å². The zero-order valence-electron chi connectivity index (χ0n) is 6.69. The van der Waals surface area contributed by atoms with Gasteiger partial charge < -0.3 is 9.66 Å². The molecule has 0 atom stereocenters. The van der Waals surface area contributed by atoms with Gasteiger partial charge in [0.15, 0.2) is 0 Å². The van der Waals surface area contributed by atoms with Crippen molar-refractivity contribution in [3.05, 3.63) is 23.2 Å². The van der Waals surface area contributed by atoms with Gasteiger partial charge in [-0.15, -0.1) is 0 Å². The van der Waals surface area contributed by atoms with Crippen molar-refractivity contribution in [2.75, 3.05) is 0 Å². The van der Waals surface area contributed by atoms with Gasteiger partial charge in [0.25, 0.3) is 0 Å². The predicted octanol–water partition coefficient (Wildman–Crippen LogP) is -2.05. The molecular weight excluding hydrogens is 227 g/mol. The van der Waals surface area contributed by atoms with Crippen LogP contribution in [-0.2, 0) is 10.1 Å². The van der Waals surface area contributed by atoms with Gasteiger partial charge in [-0.2, -0.15) is 0 Å². The number of aromatic hydroxyl groups is 1. The maximum Gasteiger partial charge on any atom is 1.00 e. The first-order valence-electron chi connectivity index (χ1n) is 2.85. The summed E-state index contributed by atoms with van der Waals surface area (Å²) in [5.74, 6) is -0.589. The molecule has 7 heteroatoms. The topological polar surface area (TPSA) is 77.4 Å². The van der Waals surface area contributed by atoms with Gasteiger partial charge in [-0.3, -0.25) is 0 Å². The largest absolute Gasteiger partial charge is 1.00 e. The first-order valence-corrected chi connectivity index (χ1v) is 4.64. The quantitative estimate of drug-likeness (QED) is 0.445. The van der Waals surface area contributed by atoms with Crippen molar-refractivity contribution in [1.29, 1.82) is 0 Å². The fraction of sp³-hybridized carbons (Fsp3) is 0. The number of hydrogen-bond acceptors (Lipinski definition) is 4. The van der Waals surface area contributed by atoms with Crippen LogP contribution in [0.3, 0.4) is 0 Å². The van der Waals surface area contributed by atoms with Gasteiger partial charge in [-0.25, -0.2) is 8.42 Å². The summed E-state index contributed by atoms with van der Waals surface area (Å²) >= 11 is 5.41. The second kappa shape index (κ2) is 4.63. The van der Waals surface area contributed by atoms with E-state index in [2.05, 4.69) is 0 Å². The van der Waals surface area contributed by atoms with Gasteiger partial charge in [0.2, 0.25) is 0 Å². The molecule has 1 aromatic rings. The number of phenols is 1. The summed E-state index contributed by atoms with van der Waals surface area (Å²) in [7, 11) is -4.64. The molecule has 0 radical (unpaired) electrons. The van der Waals surface area contributed by atoms with Crippen molar-refractivity contribution >= 4 is 21.7 Å². The number of halogens is 1. The molecular formula is C6H4ClNaO4S. The van der Waals surface area contributed by atoms with Crippen LogP contribution in [0.25, 0.3) is 0 Å². The molecule has 0 heterocycles. The molecule has 66 valence electrons. The van der Waals surface area contributed by atoms with Gasteiger partial charge in [0, 0.05) is 5.02 Å². The molecule has 0 aliphatic carbocycles. The summed E-state index contributed by atoms with van der Waals surface area (Å²) in [6.07, 6.45) is 0. The van der Waals surface area contributed by atoms with E-state index in [4.69, 9.17) is 16.7 Å². The van der Waals surface area contributed by atoms with E-state index < -0.39 is 20.8 Å². The third kappa shape index (κ3) is 3.46. The zero-order valence-corrected chi connectivity index (χ0v) is 10.3. The molecule has 0 amide bonds. The number of phenolic OH excluding ortho intramolecular Hbond substituents is 1. The molecule has 0 fully saturated rings. The summed E-state index contributed by atoms with van der Waals surface area (Å²) in [6.45, 7) is 0. The van der Waals surface area contributed by atoms with Gasteiger partial charge in [0.05, 0.1) is 4.90 Å². The second-order valence-corrected chi connectivity index (χ2v) is 3.85. The maximum atomic E-state index is 10.4. The summed E-state index contributed by atoms with van der Waals surface area (Å²) < 4.78 is 31.3. The summed E-state index contributed by atoms with van der Waals surface area (Å²) in [5.41, 5.74) is 0. The molecule has 0 bridgehead atoms. The van der Waals surface area contributed by atoms with E-state index in [1.54, 1.807) is 0 Å². The molecule has 4 nitrogen and oxygen atoms in total. The van der Waals surface area contributed by atoms with Crippen molar-refractivity contribution in [2.45, 2.75) is 4.90 Å². The van der Waals surface area contributed by atoms with Crippen LogP contribution in [0, 0.1) is 0 Å². The van der Waals surface area contributed by atoms with Crippen molar-refractivity contribution < 1.29 is 47.6 Å². The molecule has 0 unspecified atom stereocenters. The van der Waals surface area contributed by atoms with E-state index in [0.717, 1.165) is 12.1 Å². The first kappa shape index (κ1) is 13.2. The maximum absolute atomic E-state index is 10.4. The van der Waals surface area contributed by atoms with Crippen LogP contribution in [-0.4, -0.2) is 18.1 Å². The summed E-state index contributed by atoms with van der Waals surface area (Å²) in [6, 6.07) is 3.23. The molecule has 0 aliphatic rings. The van der Waals surface area contributed by atoms with Crippen molar-refractivity contribution in [3.8, 4) is 5.75 Å². The van der Waals surface area contributed by atoms with Crippen molar-refractivity contribution in [3.63, 3.8) is 0 Å². The third-order valence-corrected chi connectivity index (χ3v) is 2.29. The molecule has 1 aromatic carbocycles. The van der Waals surface area contributed by atoms with E-state index in [-0.39, 0.29) is 34.6 Å². The summed E-state index contributed by atoms with van der Waals surface area (Å²) in [4.78, 5) is -0.699. The Morgan fingerprint density at radius 3 is 2.31 bits per heavy atom. The number of hydrogen-bond donors (Lipinski definition) is 1. The fourth-order valence-electron chi connectivity index (χ4n) is 0.688. The van der Waals surface area contributed by atoms with Crippen LogP contribution in [0.4, 0.5) is 0 Å². The average Bonchev–Trinajstić information content (AvgIpc) is 1.92. The Morgan fingerprint density at radius 2 is 1.92 bits per heavy atom. The van der Waals surface area contributed by atoms with Gasteiger partial charge in [-0.05, 0) is 18.2 Å². The van der Waals surface area contributed by atoms with Gasteiger partial charge >= 0.3 is 29.6 Å². The Hall–Kier alpha value is 0.220. The third-order valence-electron chi connectivity index (χ3n) is 1.19. The zero-order chi connectivity index (χ0) is 9.35. The van der Waals surface area contributed by atoms with Crippen LogP contribution in [0.5, 0.6) is 5.75 Å². The SMILES string of the molecule is O=S(=O)([O-])c1cc(Cl)ccc1O.[Na+]. The minimum atomic E-state index is -4.64. The van der Waals surface area contributed by atoms with Crippen molar-refractivity contribution in [1.82, 2.24) is 0 Å². The predicted molar refractivity (Wildman–Crippen MR) is 41.1 cm³/mol. The van der Waals surface area contributed by atoms with E-state index >= 15 is 0 Å². The Labute approximate surface area is 103 Å². The molecule has 0 aromatic heterocycles. The van der Waals surface area contributed by atoms with Crippen LogP contribution in [0.15, 0.2) is 23.1 Å². The first-order chi connectivity index (χ1) is 5.41. The summed E-state index contributed by atoms with van der Waals surface area (Å²) in [5, 5.41) is 9.02. The Kier molecular flexibility index (Phi) is 4.71. The van der Waals surface area contributed by atoms with E-state index in [1.807, 2.05) is 0 Å². The Morgan fingerprint density at radius 1 is 1.38 bits per heavy atom. The Bertz CT molecular complexity index is 403. The normalized spacial score (nSPS) is 10.6. The molecule has 1 N–H and O–H groups in total. The second-order valence-electron chi connectivity index (χ2n) is 2.07. The van der Waals surface area contributed by atoms with E-state index in [0.29, 0.717) is 0 Å². The van der Waals surface area contributed by atoms with Crippen LogP contribution >= 0.6 is 11.6 Å². The molecule has 1 rings (SSSR count). The molecule has 0 saturated carbocycles. The van der Waals surface area contributed by atoms with E-state index in [9.17, 15) is 13.0 Å². The fourth-order valence-corrected chi connectivity index (χ4v) is 1.52. The Balaban J connectivity index is 0.00000144. The minimum Gasteiger partial charge on any atom is -0.744 e. The standard InChI is InChI=1S/C6H5ClO4S.Na/c7-4-1-2-5(8)6(3-4)12(9,10)11;/h1-3,8H,(H,9,10,11);/q;+1/p-1. The van der Waals surface area contributed by atoms with Crippen molar-refractivity contribution in [2.24, 2.45) is 0 Å². The number of rotatable bonds is 1. The van der Waals surface area contributed by atoms with Crippen LogP contribution in [0.2, 0.25) is 5.02 Å².